The fraction of sp³-hybridized carbons (Fsp3) is 0.311. The molecule has 1 aliphatic rings. The SMILES string of the molecule is COc1ccc(CN(Cc2ccc(OC)cc2)c2nccc3c2n(-c2ccc(Oc4ccccc4)cc2)c(=O)n3[C@H]2C[C@@H](OC)CN(C(=O)OC(C)(C)C)C2)cc1. The van der Waals surface area contributed by atoms with E-state index in [1.807, 2.05) is 130 Å². The van der Waals surface area contributed by atoms with Crippen molar-refractivity contribution in [1.29, 1.82) is 0 Å². The number of rotatable bonds is 12. The number of imidazole rings is 1. The summed E-state index contributed by atoms with van der Waals surface area (Å²) in [5.41, 5.74) is 3.04. The molecule has 1 fully saturated rings. The number of hydrogen-bond donors (Lipinski definition) is 0. The first-order valence-electron chi connectivity index (χ1n) is 19.0. The highest BCUT2D eigenvalue weighted by Gasteiger charge is 2.36. The van der Waals surface area contributed by atoms with E-state index in [0.29, 0.717) is 60.1 Å². The zero-order valence-corrected chi connectivity index (χ0v) is 33.3. The fourth-order valence-electron chi connectivity index (χ4n) is 7.23. The Morgan fingerprint density at radius 1 is 0.754 bits per heavy atom. The van der Waals surface area contributed by atoms with Crippen LogP contribution in [0.4, 0.5) is 10.6 Å². The maximum absolute atomic E-state index is 15.1. The topological polar surface area (TPSA) is 110 Å². The minimum absolute atomic E-state index is 0.261. The summed E-state index contributed by atoms with van der Waals surface area (Å²) < 4.78 is 32.2. The molecule has 0 spiro atoms. The maximum Gasteiger partial charge on any atom is 0.410 e. The summed E-state index contributed by atoms with van der Waals surface area (Å²) in [6, 6.07) is 34.3. The number of para-hydroxylation sites is 1. The minimum atomic E-state index is -0.687. The van der Waals surface area contributed by atoms with Crippen LogP contribution in [0.25, 0.3) is 16.7 Å². The van der Waals surface area contributed by atoms with Gasteiger partial charge in [-0.15, -0.1) is 0 Å². The molecular weight excluding hydrogens is 723 g/mol. The average Bonchev–Trinajstić information content (AvgIpc) is 3.52. The molecule has 3 heterocycles. The highest BCUT2D eigenvalue weighted by molar-refractivity contribution is 5.89. The van der Waals surface area contributed by atoms with Crippen LogP contribution in [-0.2, 0) is 22.6 Å². The van der Waals surface area contributed by atoms with Gasteiger partial charge in [0.15, 0.2) is 5.82 Å². The molecule has 0 N–H and O–H groups in total. The number of pyridine rings is 1. The zero-order valence-electron chi connectivity index (χ0n) is 33.3. The molecule has 296 valence electrons. The molecule has 1 amide bonds. The monoisotopic (exact) mass is 771 g/mol. The number of likely N-dealkylation sites (tertiary alicyclic amines) is 1. The molecule has 12 heteroatoms. The van der Waals surface area contributed by atoms with Crippen molar-refractivity contribution in [3.8, 4) is 28.7 Å². The number of carbonyl (C=O) groups is 1. The van der Waals surface area contributed by atoms with Crippen LogP contribution in [0.3, 0.4) is 0 Å². The molecule has 57 heavy (non-hydrogen) atoms. The molecule has 0 saturated carbocycles. The third-order valence-corrected chi connectivity index (χ3v) is 9.94. The van der Waals surface area contributed by atoms with Crippen LogP contribution in [0.1, 0.15) is 44.4 Å². The molecule has 4 aromatic carbocycles. The lowest BCUT2D eigenvalue weighted by molar-refractivity contribution is -0.0175. The minimum Gasteiger partial charge on any atom is -0.497 e. The number of ether oxygens (including phenoxy) is 5. The van der Waals surface area contributed by atoms with Crippen LogP contribution in [-0.4, -0.2) is 71.2 Å². The number of fused-ring (bicyclic) bond motifs is 1. The molecule has 1 saturated heterocycles. The molecule has 7 rings (SSSR count). The standard InChI is InChI=1S/C45H49N5O7/c1-45(2,3)57-44(52)48-29-34(26-39(30-48)55-6)49-40-24-25-46-42(41(40)50(43(49)51)33-16-22-38(23-17-33)56-37-10-8-7-9-11-37)47(27-31-12-18-35(53-4)19-13-31)28-32-14-20-36(54-5)21-15-32/h7-25,34,39H,26-30H2,1-6H3/t34-,39+/m0/s1. The van der Waals surface area contributed by atoms with Crippen LogP contribution in [0.2, 0.25) is 0 Å². The lowest BCUT2D eigenvalue weighted by Crippen LogP contribution is -2.50. The van der Waals surface area contributed by atoms with Crippen LogP contribution in [0, 0.1) is 0 Å². The van der Waals surface area contributed by atoms with Gasteiger partial charge in [-0.05, 0) is 105 Å². The number of piperidine rings is 1. The van der Waals surface area contributed by atoms with Crippen LogP contribution < -0.4 is 24.8 Å². The number of nitrogens with zero attached hydrogens (tertiary/aromatic N) is 5. The number of methoxy groups -OCH3 is 3. The van der Waals surface area contributed by atoms with E-state index in [1.54, 1.807) is 41.6 Å². The Morgan fingerprint density at radius 3 is 1.89 bits per heavy atom. The Kier molecular flexibility index (Phi) is 11.5. The van der Waals surface area contributed by atoms with Gasteiger partial charge in [-0.25, -0.2) is 14.6 Å². The van der Waals surface area contributed by atoms with Crippen molar-refractivity contribution in [2.24, 2.45) is 0 Å². The maximum atomic E-state index is 15.1. The van der Waals surface area contributed by atoms with Crippen LogP contribution in [0.5, 0.6) is 23.0 Å². The smallest absolute Gasteiger partial charge is 0.410 e. The first kappa shape index (κ1) is 39.0. The molecule has 1 aliphatic heterocycles. The molecule has 0 bridgehead atoms. The van der Waals surface area contributed by atoms with Gasteiger partial charge >= 0.3 is 11.8 Å². The van der Waals surface area contributed by atoms with Gasteiger partial charge in [0.05, 0.1) is 44.1 Å². The highest BCUT2D eigenvalue weighted by Crippen LogP contribution is 2.34. The predicted molar refractivity (Wildman–Crippen MR) is 220 cm³/mol. The van der Waals surface area contributed by atoms with Gasteiger partial charge in [0.2, 0.25) is 0 Å². The Labute approximate surface area is 332 Å². The second kappa shape index (κ2) is 16.8. The van der Waals surface area contributed by atoms with Gasteiger partial charge in [0.25, 0.3) is 0 Å². The summed E-state index contributed by atoms with van der Waals surface area (Å²) in [5, 5.41) is 0. The van der Waals surface area contributed by atoms with Crippen molar-refractivity contribution in [1.82, 2.24) is 19.0 Å². The summed E-state index contributed by atoms with van der Waals surface area (Å²) in [4.78, 5) is 37.4. The van der Waals surface area contributed by atoms with E-state index in [0.717, 1.165) is 22.6 Å². The van der Waals surface area contributed by atoms with E-state index in [1.165, 1.54) is 0 Å². The number of hydrogen-bond acceptors (Lipinski definition) is 9. The van der Waals surface area contributed by atoms with Crippen molar-refractivity contribution < 1.29 is 28.5 Å². The number of benzene rings is 4. The average molecular weight is 772 g/mol. The summed E-state index contributed by atoms with van der Waals surface area (Å²) in [5.74, 6) is 3.46. The zero-order chi connectivity index (χ0) is 40.1. The summed E-state index contributed by atoms with van der Waals surface area (Å²) in [6.45, 7) is 7.09. The molecule has 6 aromatic rings. The quantitative estimate of drug-likeness (QED) is 0.121. The Morgan fingerprint density at radius 2 is 1.33 bits per heavy atom. The fourth-order valence-corrected chi connectivity index (χ4v) is 7.23. The number of anilines is 1. The molecule has 12 nitrogen and oxygen atoms in total. The lowest BCUT2D eigenvalue weighted by atomic mass is 10.0. The van der Waals surface area contributed by atoms with Gasteiger partial charge < -0.3 is 33.5 Å². The molecule has 2 aromatic heterocycles. The van der Waals surface area contributed by atoms with Gasteiger partial charge in [-0.3, -0.25) is 9.13 Å². The van der Waals surface area contributed by atoms with E-state index < -0.39 is 17.7 Å². The molecule has 2 atom stereocenters. The van der Waals surface area contributed by atoms with E-state index in [4.69, 9.17) is 28.7 Å². The molecule has 0 aliphatic carbocycles. The van der Waals surface area contributed by atoms with Gasteiger partial charge in [-0.1, -0.05) is 42.5 Å². The van der Waals surface area contributed by atoms with E-state index in [2.05, 4.69) is 4.90 Å². The largest absolute Gasteiger partial charge is 0.497 e. The number of aromatic nitrogens is 3. The van der Waals surface area contributed by atoms with Crippen molar-refractivity contribution in [3.63, 3.8) is 0 Å². The lowest BCUT2D eigenvalue weighted by Gasteiger charge is -2.38. The first-order chi connectivity index (χ1) is 27.5. The summed E-state index contributed by atoms with van der Waals surface area (Å²) in [7, 11) is 4.92. The normalized spacial score (nSPS) is 15.6. The van der Waals surface area contributed by atoms with Gasteiger partial charge in [0, 0.05) is 32.9 Å². The second-order valence-electron chi connectivity index (χ2n) is 15.1. The van der Waals surface area contributed by atoms with Crippen LogP contribution >= 0.6 is 0 Å². The molecule has 0 radical (unpaired) electrons. The summed E-state index contributed by atoms with van der Waals surface area (Å²) in [6.07, 6.45) is 1.48. The highest BCUT2D eigenvalue weighted by atomic mass is 16.6. The molecule has 0 unspecified atom stereocenters. The van der Waals surface area contributed by atoms with Crippen molar-refractivity contribution >= 4 is 22.9 Å². The third kappa shape index (κ3) is 8.92. The Balaban J connectivity index is 1.38. The van der Waals surface area contributed by atoms with Crippen molar-refractivity contribution in [2.75, 3.05) is 39.3 Å². The van der Waals surface area contributed by atoms with Crippen molar-refractivity contribution in [2.45, 2.75) is 58.0 Å². The van der Waals surface area contributed by atoms with Crippen molar-refractivity contribution in [3.05, 3.63) is 137 Å². The van der Waals surface area contributed by atoms with E-state index >= 15 is 4.79 Å². The Bertz CT molecular complexity index is 2280. The van der Waals surface area contributed by atoms with Crippen LogP contribution in [0.15, 0.2) is 120 Å². The third-order valence-electron chi connectivity index (χ3n) is 9.94. The number of carbonyl (C=O) groups excluding carboxylic acids is 1. The second-order valence-corrected chi connectivity index (χ2v) is 15.1. The first-order valence-corrected chi connectivity index (χ1v) is 19.0. The summed E-state index contributed by atoms with van der Waals surface area (Å²) >= 11 is 0. The Hall–Kier alpha value is -6.27. The van der Waals surface area contributed by atoms with E-state index in [-0.39, 0.29) is 18.3 Å². The number of amides is 1. The van der Waals surface area contributed by atoms with Gasteiger partial charge in [-0.2, -0.15) is 0 Å². The van der Waals surface area contributed by atoms with Gasteiger partial charge in [0.1, 0.15) is 34.1 Å². The van der Waals surface area contributed by atoms with E-state index in [9.17, 15) is 4.79 Å². The molecular formula is C45H49N5O7. The predicted octanol–water partition coefficient (Wildman–Crippen LogP) is 8.40.